The number of rotatable bonds is 10. The van der Waals surface area contributed by atoms with Gasteiger partial charge in [-0.05, 0) is 50.5 Å². The number of hydrogen-bond donors (Lipinski definition) is 0. The van der Waals surface area contributed by atoms with E-state index in [0.717, 1.165) is 18.0 Å². The van der Waals surface area contributed by atoms with Gasteiger partial charge in [0.1, 0.15) is 30.8 Å². The molecule has 1 aliphatic rings. The molecular formula is C24H27Cl2N3O4. The maximum Gasteiger partial charge on any atom is 0.215 e. The number of hydrogen-bond acceptors (Lipinski definition) is 6. The highest BCUT2D eigenvalue weighted by Crippen LogP contribution is 2.40. The van der Waals surface area contributed by atoms with Crippen LogP contribution in [-0.4, -0.2) is 61.0 Å². The van der Waals surface area contributed by atoms with Gasteiger partial charge in [-0.25, -0.2) is 4.98 Å². The van der Waals surface area contributed by atoms with Gasteiger partial charge >= 0.3 is 0 Å². The van der Waals surface area contributed by atoms with Crippen molar-refractivity contribution in [3.63, 3.8) is 0 Å². The lowest BCUT2D eigenvalue weighted by atomic mass is 10.1. The minimum Gasteiger partial charge on any atom is -0.492 e. The van der Waals surface area contributed by atoms with Crippen molar-refractivity contribution in [1.82, 2.24) is 14.5 Å². The fourth-order valence-corrected chi connectivity index (χ4v) is 4.10. The second kappa shape index (κ2) is 10.8. The minimum absolute atomic E-state index is 0.281. The van der Waals surface area contributed by atoms with Gasteiger partial charge in [-0.15, -0.1) is 0 Å². The summed E-state index contributed by atoms with van der Waals surface area (Å²) in [5, 5.41) is 1.03. The summed E-state index contributed by atoms with van der Waals surface area (Å²) < 4.78 is 26.2. The third kappa shape index (κ3) is 6.19. The lowest BCUT2D eigenvalue weighted by molar-refractivity contribution is -0.189. The zero-order valence-corrected chi connectivity index (χ0v) is 20.1. The number of imidazole rings is 1. The van der Waals surface area contributed by atoms with Gasteiger partial charge < -0.3 is 28.4 Å². The number of ether oxygens (including phenoxy) is 4. The molecule has 0 spiro atoms. The maximum atomic E-state index is 6.51. The van der Waals surface area contributed by atoms with Gasteiger partial charge in [-0.3, -0.25) is 0 Å². The van der Waals surface area contributed by atoms with Gasteiger partial charge in [0.05, 0.1) is 24.5 Å². The van der Waals surface area contributed by atoms with Crippen molar-refractivity contribution < 1.29 is 18.9 Å². The van der Waals surface area contributed by atoms with Crippen LogP contribution in [0.4, 0.5) is 0 Å². The van der Waals surface area contributed by atoms with Crippen molar-refractivity contribution >= 4 is 23.2 Å². The van der Waals surface area contributed by atoms with Crippen LogP contribution >= 0.6 is 23.2 Å². The first-order valence-corrected chi connectivity index (χ1v) is 11.4. The first-order valence-electron chi connectivity index (χ1n) is 10.7. The zero-order chi connectivity index (χ0) is 23.3. The van der Waals surface area contributed by atoms with E-state index in [0.29, 0.717) is 42.0 Å². The predicted octanol–water partition coefficient (Wildman–Crippen LogP) is 4.48. The molecule has 7 nitrogen and oxygen atoms in total. The largest absolute Gasteiger partial charge is 0.492 e. The molecule has 0 amide bonds. The van der Waals surface area contributed by atoms with Gasteiger partial charge in [-0.1, -0.05) is 29.3 Å². The standard InChI is InChI=1S/C24H27Cl2N3O4/c1-28(2)11-12-30-19-4-6-20(7-5-19)31-14-21-15-32-24(33-21,16-29-10-9-27-17-29)22-8-3-18(25)13-23(22)26/h3-10,13,17,21H,11-12,14-16H2,1-2H3. The van der Waals surface area contributed by atoms with Gasteiger partial charge in [0.25, 0.3) is 0 Å². The minimum atomic E-state index is -1.07. The molecule has 9 heteroatoms. The summed E-state index contributed by atoms with van der Waals surface area (Å²) in [4.78, 5) is 6.19. The van der Waals surface area contributed by atoms with Gasteiger partial charge in [-0.2, -0.15) is 0 Å². The van der Waals surface area contributed by atoms with E-state index in [9.17, 15) is 0 Å². The second-order valence-corrected chi connectivity index (χ2v) is 8.94. The van der Waals surface area contributed by atoms with Crippen LogP contribution in [0, 0.1) is 0 Å². The number of halogens is 2. The Morgan fingerprint density at radius 3 is 2.55 bits per heavy atom. The van der Waals surface area contributed by atoms with Crippen molar-refractivity contribution in [1.29, 1.82) is 0 Å². The summed E-state index contributed by atoms with van der Waals surface area (Å²) in [5.41, 5.74) is 0.712. The molecule has 0 radical (unpaired) electrons. The quantitative estimate of drug-likeness (QED) is 0.416. The Morgan fingerprint density at radius 2 is 1.88 bits per heavy atom. The Morgan fingerprint density at radius 1 is 1.12 bits per heavy atom. The molecule has 1 aromatic heterocycles. The maximum absolute atomic E-state index is 6.51. The Balaban J connectivity index is 1.40. The number of nitrogens with zero attached hydrogens (tertiary/aromatic N) is 3. The third-order valence-corrected chi connectivity index (χ3v) is 5.77. The Bertz CT molecular complexity index is 1030. The molecule has 4 rings (SSSR count). The monoisotopic (exact) mass is 491 g/mol. The molecule has 33 heavy (non-hydrogen) atoms. The van der Waals surface area contributed by atoms with E-state index in [2.05, 4.69) is 9.88 Å². The summed E-state index contributed by atoms with van der Waals surface area (Å²) in [6.07, 6.45) is 4.99. The van der Waals surface area contributed by atoms with Crippen molar-refractivity contribution in [2.75, 3.05) is 40.5 Å². The highest BCUT2D eigenvalue weighted by Gasteiger charge is 2.45. The van der Waals surface area contributed by atoms with Gasteiger partial charge in [0.15, 0.2) is 0 Å². The molecule has 0 bridgehead atoms. The predicted molar refractivity (Wildman–Crippen MR) is 127 cm³/mol. The molecule has 2 unspecified atom stereocenters. The van der Waals surface area contributed by atoms with Crippen molar-refractivity contribution in [3.05, 3.63) is 76.8 Å². The fraction of sp³-hybridized carbons (Fsp3) is 0.375. The van der Waals surface area contributed by atoms with Crippen LogP contribution in [0.5, 0.6) is 11.5 Å². The van der Waals surface area contributed by atoms with Crippen LogP contribution < -0.4 is 9.47 Å². The van der Waals surface area contributed by atoms with Crippen LogP contribution in [0.3, 0.4) is 0 Å². The summed E-state index contributed by atoms with van der Waals surface area (Å²) in [6, 6.07) is 12.9. The molecule has 1 aliphatic heterocycles. The summed E-state index contributed by atoms with van der Waals surface area (Å²) in [5.74, 6) is 0.470. The molecule has 3 aromatic rings. The lowest BCUT2D eigenvalue weighted by Crippen LogP contribution is -2.34. The first kappa shape index (κ1) is 23.9. The molecule has 0 saturated carbocycles. The average molecular weight is 492 g/mol. The van der Waals surface area contributed by atoms with Crippen molar-refractivity contribution in [2.45, 2.75) is 18.4 Å². The third-order valence-electron chi connectivity index (χ3n) is 5.22. The number of likely N-dealkylation sites (N-methyl/N-ethyl adjacent to an activating group) is 1. The molecular weight excluding hydrogens is 465 g/mol. The Kier molecular flexibility index (Phi) is 7.78. The fourth-order valence-electron chi connectivity index (χ4n) is 3.54. The van der Waals surface area contributed by atoms with Crippen LogP contribution in [0.2, 0.25) is 10.0 Å². The van der Waals surface area contributed by atoms with E-state index in [1.807, 2.05) is 55.2 Å². The molecule has 2 heterocycles. The zero-order valence-electron chi connectivity index (χ0n) is 18.6. The number of benzene rings is 2. The Labute approximate surface area is 203 Å². The molecule has 2 atom stereocenters. The van der Waals surface area contributed by atoms with Crippen molar-refractivity contribution in [2.24, 2.45) is 0 Å². The lowest BCUT2D eigenvalue weighted by Gasteiger charge is -2.30. The van der Waals surface area contributed by atoms with Gasteiger partial charge in [0.2, 0.25) is 5.79 Å². The highest BCUT2D eigenvalue weighted by molar-refractivity contribution is 6.35. The van der Waals surface area contributed by atoms with Crippen LogP contribution in [0.1, 0.15) is 5.56 Å². The Hall–Kier alpha value is -2.29. The summed E-state index contributed by atoms with van der Waals surface area (Å²) in [7, 11) is 4.03. The molecule has 0 aliphatic carbocycles. The average Bonchev–Trinajstić information content (AvgIpc) is 3.44. The summed E-state index contributed by atoms with van der Waals surface area (Å²) >= 11 is 12.6. The van der Waals surface area contributed by atoms with Gasteiger partial charge in [0, 0.05) is 29.5 Å². The topological polar surface area (TPSA) is 58.0 Å². The number of aromatic nitrogens is 2. The van der Waals surface area contributed by atoms with E-state index in [1.165, 1.54) is 0 Å². The van der Waals surface area contributed by atoms with E-state index in [4.69, 9.17) is 42.1 Å². The first-order chi connectivity index (χ1) is 15.9. The van der Waals surface area contributed by atoms with E-state index < -0.39 is 5.79 Å². The van der Waals surface area contributed by atoms with E-state index >= 15 is 0 Å². The van der Waals surface area contributed by atoms with Crippen LogP contribution in [0.15, 0.2) is 61.2 Å². The molecule has 2 aromatic carbocycles. The van der Waals surface area contributed by atoms with Crippen LogP contribution in [0.25, 0.3) is 0 Å². The smallest absolute Gasteiger partial charge is 0.215 e. The molecule has 0 N–H and O–H groups in total. The molecule has 1 saturated heterocycles. The highest BCUT2D eigenvalue weighted by atomic mass is 35.5. The second-order valence-electron chi connectivity index (χ2n) is 8.10. The molecule has 1 fully saturated rings. The SMILES string of the molecule is CN(C)CCOc1ccc(OCC2COC(Cn3ccnc3)(c3ccc(Cl)cc3Cl)O2)cc1. The normalized spacial score (nSPS) is 20.3. The van der Waals surface area contributed by atoms with Crippen LogP contribution in [-0.2, 0) is 21.8 Å². The van der Waals surface area contributed by atoms with Crippen molar-refractivity contribution in [3.8, 4) is 11.5 Å². The molecule has 176 valence electrons. The van der Waals surface area contributed by atoms with E-state index in [1.54, 1.807) is 24.7 Å². The van der Waals surface area contributed by atoms with E-state index in [-0.39, 0.29) is 6.10 Å². The summed E-state index contributed by atoms with van der Waals surface area (Å²) in [6.45, 7) is 2.57.